The number of para-hydroxylation sites is 1. The molecule has 0 fully saturated rings. The number of ether oxygens (including phenoxy) is 2. The van der Waals surface area contributed by atoms with Crippen LogP contribution in [0.3, 0.4) is 0 Å². The van der Waals surface area contributed by atoms with Gasteiger partial charge in [0.1, 0.15) is 24.1 Å². The molecule has 0 saturated carbocycles. The largest absolute Gasteiger partial charge is 0.497 e. The average Bonchev–Trinajstić information content (AvgIpc) is 3.00. The molecule has 42 heavy (non-hydrogen) atoms. The minimum atomic E-state index is -4.16. The molecule has 0 bridgehead atoms. The van der Waals surface area contributed by atoms with Crippen LogP contribution in [0.1, 0.15) is 46.1 Å². The van der Waals surface area contributed by atoms with Gasteiger partial charge in [0.15, 0.2) is 0 Å². The Labute approximate surface area is 249 Å². The normalized spacial score (nSPS) is 12.6. The Hall–Kier alpha value is -4.05. The summed E-state index contributed by atoms with van der Waals surface area (Å²) in [6.07, 6.45) is 1.08. The van der Waals surface area contributed by atoms with Crippen LogP contribution in [0.5, 0.6) is 11.5 Å². The van der Waals surface area contributed by atoms with Crippen molar-refractivity contribution in [3.8, 4) is 11.5 Å². The van der Waals surface area contributed by atoms with Gasteiger partial charge in [-0.1, -0.05) is 44.2 Å². The van der Waals surface area contributed by atoms with Crippen LogP contribution in [-0.4, -0.2) is 57.5 Å². The van der Waals surface area contributed by atoms with E-state index in [4.69, 9.17) is 9.47 Å². The number of rotatable bonds is 15. The Balaban J connectivity index is 2.02. The van der Waals surface area contributed by atoms with Gasteiger partial charge in [-0.25, -0.2) is 8.42 Å². The Morgan fingerprint density at radius 1 is 0.857 bits per heavy atom. The molecule has 0 aromatic heterocycles. The van der Waals surface area contributed by atoms with Gasteiger partial charge in [0.05, 0.1) is 24.3 Å². The van der Waals surface area contributed by atoms with Crippen LogP contribution in [-0.2, 0) is 26.2 Å². The van der Waals surface area contributed by atoms with Crippen molar-refractivity contribution in [1.29, 1.82) is 0 Å². The van der Waals surface area contributed by atoms with Gasteiger partial charge in [0.2, 0.25) is 11.8 Å². The second-order valence-electron chi connectivity index (χ2n) is 9.86. The van der Waals surface area contributed by atoms with Crippen LogP contribution >= 0.6 is 0 Å². The van der Waals surface area contributed by atoms with Crippen molar-refractivity contribution in [3.63, 3.8) is 0 Å². The molecule has 10 heteroatoms. The fourth-order valence-electron chi connectivity index (χ4n) is 4.41. The first-order valence-corrected chi connectivity index (χ1v) is 15.6. The van der Waals surface area contributed by atoms with Crippen molar-refractivity contribution >= 4 is 27.5 Å². The predicted molar refractivity (Wildman–Crippen MR) is 164 cm³/mol. The lowest BCUT2D eigenvalue weighted by Crippen LogP contribution is -2.53. The van der Waals surface area contributed by atoms with Crippen molar-refractivity contribution in [2.24, 2.45) is 0 Å². The van der Waals surface area contributed by atoms with Gasteiger partial charge < -0.3 is 19.7 Å². The maximum Gasteiger partial charge on any atom is 0.264 e. The quantitative estimate of drug-likeness (QED) is 0.265. The molecule has 2 atom stereocenters. The first-order valence-electron chi connectivity index (χ1n) is 14.2. The number of methoxy groups -OCH3 is 1. The number of carbonyl (C=O) groups is 2. The SMILES string of the molecule is CCOc1ccc(S(=O)(=O)N(CC(=O)N(Cc2ccc(OC)cc2)[C@@H](CC)C(=O)N[C@H](C)CC)c2ccccc2)cc1. The van der Waals surface area contributed by atoms with Crippen molar-refractivity contribution in [1.82, 2.24) is 10.2 Å². The van der Waals surface area contributed by atoms with Gasteiger partial charge in [-0.15, -0.1) is 0 Å². The molecule has 0 spiro atoms. The zero-order chi connectivity index (χ0) is 30.7. The van der Waals surface area contributed by atoms with E-state index in [0.29, 0.717) is 30.2 Å². The zero-order valence-electron chi connectivity index (χ0n) is 24.9. The number of nitrogens with one attached hydrogen (secondary N) is 1. The maximum absolute atomic E-state index is 14.1. The van der Waals surface area contributed by atoms with E-state index in [1.54, 1.807) is 61.7 Å². The highest BCUT2D eigenvalue weighted by atomic mass is 32.2. The summed E-state index contributed by atoms with van der Waals surface area (Å²) in [6, 6.07) is 20.9. The molecule has 1 N–H and O–H groups in total. The van der Waals surface area contributed by atoms with Gasteiger partial charge in [-0.05, 0) is 80.8 Å². The lowest BCUT2D eigenvalue weighted by atomic mass is 10.1. The van der Waals surface area contributed by atoms with Gasteiger partial charge in [-0.2, -0.15) is 0 Å². The molecule has 0 aliphatic rings. The number of amides is 2. The first-order chi connectivity index (χ1) is 20.1. The number of benzene rings is 3. The van der Waals surface area contributed by atoms with E-state index in [2.05, 4.69) is 5.32 Å². The first kappa shape index (κ1) is 32.5. The maximum atomic E-state index is 14.1. The van der Waals surface area contributed by atoms with E-state index in [1.807, 2.05) is 39.8 Å². The summed E-state index contributed by atoms with van der Waals surface area (Å²) >= 11 is 0. The van der Waals surface area contributed by atoms with Crippen LogP contribution in [0.4, 0.5) is 5.69 Å². The highest BCUT2D eigenvalue weighted by Crippen LogP contribution is 2.26. The molecule has 9 nitrogen and oxygen atoms in total. The van der Waals surface area contributed by atoms with Gasteiger partial charge in [-0.3, -0.25) is 13.9 Å². The van der Waals surface area contributed by atoms with Crippen LogP contribution in [0.2, 0.25) is 0 Å². The predicted octanol–water partition coefficient (Wildman–Crippen LogP) is 5.01. The van der Waals surface area contributed by atoms with E-state index >= 15 is 0 Å². The third-order valence-corrected chi connectivity index (χ3v) is 8.73. The van der Waals surface area contributed by atoms with Crippen LogP contribution in [0.25, 0.3) is 0 Å². The van der Waals surface area contributed by atoms with E-state index in [-0.39, 0.29) is 23.4 Å². The summed E-state index contributed by atoms with van der Waals surface area (Å²) in [5.74, 6) is 0.419. The standard InChI is InChI=1S/C32H41N3O6S/c1-6-24(4)33-32(37)30(7-2)34(22-25-14-16-27(40-5)17-15-25)31(36)23-35(26-12-10-9-11-13-26)42(38,39)29-20-18-28(19-21-29)41-8-3/h9-21,24,30H,6-8,22-23H2,1-5H3,(H,33,37)/t24-,30+/m1/s1. The molecule has 226 valence electrons. The topological polar surface area (TPSA) is 105 Å². The highest BCUT2D eigenvalue weighted by Gasteiger charge is 2.34. The van der Waals surface area contributed by atoms with Crippen LogP contribution in [0, 0.1) is 0 Å². The number of anilines is 1. The number of sulfonamides is 1. The summed E-state index contributed by atoms with van der Waals surface area (Å²) < 4.78 is 39.8. The van der Waals surface area contributed by atoms with Crippen molar-refractivity contribution in [2.75, 3.05) is 24.6 Å². The van der Waals surface area contributed by atoms with E-state index in [9.17, 15) is 18.0 Å². The Morgan fingerprint density at radius 3 is 2.02 bits per heavy atom. The van der Waals surface area contributed by atoms with E-state index in [1.165, 1.54) is 17.0 Å². The third kappa shape index (κ3) is 8.25. The third-order valence-electron chi connectivity index (χ3n) is 6.94. The van der Waals surface area contributed by atoms with Gasteiger partial charge >= 0.3 is 0 Å². The summed E-state index contributed by atoms with van der Waals surface area (Å²) in [7, 11) is -2.59. The van der Waals surface area contributed by atoms with Gasteiger partial charge in [0, 0.05) is 12.6 Å². The molecular formula is C32H41N3O6S. The lowest BCUT2D eigenvalue weighted by molar-refractivity contribution is -0.140. The Bertz CT molecular complexity index is 1400. The van der Waals surface area contributed by atoms with E-state index in [0.717, 1.165) is 16.3 Å². The molecule has 3 aromatic carbocycles. The van der Waals surface area contributed by atoms with E-state index < -0.39 is 28.5 Å². The van der Waals surface area contributed by atoms with Crippen LogP contribution in [0.15, 0.2) is 83.8 Å². The molecule has 2 amide bonds. The van der Waals surface area contributed by atoms with Gasteiger partial charge in [0.25, 0.3) is 10.0 Å². The highest BCUT2D eigenvalue weighted by molar-refractivity contribution is 7.92. The summed E-state index contributed by atoms with van der Waals surface area (Å²) in [6.45, 7) is 7.61. The molecular weight excluding hydrogens is 554 g/mol. The molecule has 0 aliphatic heterocycles. The number of nitrogens with zero attached hydrogens (tertiary/aromatic N) is 2. The second-order valence-corrected chi connectivity index (χ2v) is 11.7. The molecule has 0 saturated heterocycles. The molecule has 0 radical (unpaired) electrons. The van der Waals surface area contributed by atoms with Crippen molar-refractivity contribution in [3.05, 3.63) is 84.4 Å². The number of hydrogen-bond acceptors (Lipinski definition) is 6. The summed E-state index contributed by atoms with van der Waals surface area (Å²) in [5, 5.41) is 2.98. The van der Waals surface area contributed by atoms with Crippen molar-refractivity contribution < 1.29 is 27.5 Å². The molecule has 0 heterocycles. The number of carbonyl (C=O) groups excluding carboxylic acids is 2. The monoisotopic (exact) mass is 595 g/mol. The fourth-order valence-corrected chi connectivity index (χ4v) is 5.83. The molecule has 3 aromatic rings. The zero-order valence-corrected chi connectivity index (χ0v) is 25.8. The number of hydrogen-bond donors (Lipinski definition) is 1. The Kier molecular flexibility index (Phi) is 11.8. The summed E-state index contributed by atoms with van der Waals surface area (Å²) in [5.41, 5.74) is 1.11. The Morgan fingerprint density at radius 2 is 1.48 bits per heavy atom. The minimum absolute atomic E-state index is 0.0193. The molecule has 0 unspecified atom stereocenters. The lowest BCUT2D eigenvalue weighted by Gasteiger charge is -2.33. The van der Waals surface area contributed by atoms with Crippen molar-refractivity contribution in [2.45, 2.75) is 64.1 Å². The second kappa shape index (κ2) is 15.3. The molecule has 3 rings (SSSR count). The fraction of sp³-hybridized carbons (Fsp3) is 0.375. The summed E-state index contributed by atoms with van der Waals surface area (Å²) in [4.78, 5) is 29.0. The minimum Gasteiger partial charge on any atom is -0.497 e. The van der Waals surface area contributed by atoms with Crippen LogP contribution < -0.4 is 19.1 Å². The smallest absolute Gasteiger partial charge is 0.264 e. The average molecular weight is 596 g/mol. The molecule has 0 aliphatic carbocycles.